The van der Waals surface area contributed by atoms with Crippen LogP contribution in [0, 0.1) is 0 Å². The molecule has 0 unspecified atom stereocenters. The molecule has 6 nitrogen and oxygen atoms in total. The smallest absolute Gasteiger partial charge is 0.417 e. The normalized spacial score (nSPS) is 18.6. The molecular weight excluding hydrogens is 552 g/mol. The van der Waals surface area contributed by atoms with E-state index in [4.69, 9.17) is 8.92 Å². The molecule has 0 bridgehead atoms. The quantitative estimate of drug-likeness (QED) is 0.285. The SMILES string of the molecule is CC(C)Oc1cccc(CC(=O)N2CC[C@](CCOS(C)(=O)=O)(c3ccc(C(F)(F)F)c(C(F)(F)F)c3)C2)c1. The molecule has 1 aliphatic heterocycles. The van der Waals surface area contributed by atoms with E-state index in [2.05, 4.69) is 0 Å². The van der Waals surface area contributed by atoms with Crippen molar-refractivity contribution in [3.63, 3.8) is 0 Å². The summed E-state index contributed by atoms with van der Waals surface area (Å²) in [7, 11) is -3.89. The van der Waals surface area contributed by atoms with Crippen molar-refractivity contribution in [2.45, 2.75) is 57.0 Å². The molecule has 0 aliphatic carbocycles. The molecule has 1 saturated heterocycles. The van der Waals surface area contributed by atoms with Gasteiger partial charge in [0, 0.05) is 18.5 Å². The minimum Gasteiger partial charge on any atom is -0.491 e. The van der Waals surface area contributed by atoms with Gasteiger partial charge in [0.05, 0.1) is 36.5 Å². The van der Waals surface area contributed by atoms with Crippen molar-refractivity contribution in [1.82, 2.24) is 4.90 Å². The third kappa shape index (κ3) is 8.10. The monoisotopic (exact) mass is 581 g/mol. The molecule has 1 atom stereocenters. The number of carbonyl (C=O) groups is 1. The largest absolute Gasteiger partial charge is 0.491 e. The molecule has 0 spiro atoms. The molecule has 0 saturated carbocycles. The van der Waals surface area contributed by atoms with Crippen LogP contribution in [0.2, 0.25) is 0 Å². The number of benzene rings is 2. The molecule has 0 aromatic heterocycles. The first-order valence-electron chi connectivity index (χ1n) is 12.1. The molecule has 1 fully saturated rings. The van der Waals surface area contributed by atoms with E-state index in [1.807, 2.05) is 13.8 Å². The molecule has 3 rings (SSSR count). The molecule has 0 N–H and O–H groups in total. The van der Waals surface area contributed by atoms with Gasteiger partial charge in [-0.2, -0.15) is 34.8 Å². The summed E-state index contributed by atoms with van der Waals surface area (Å²) >= 11 is 0. The van der Waals surface area contributed by atoms with Crippen LogP contribution in [-0.4, -0.2) is 51.3 Å². The number of halogens is 6. The summed E-state index contributed by atoms with van der Waals surface area (Å²) in [5.74, 6) is 0.221. The number of amides is 1. The zero-order valence-electron chi connectivity index (χ0n) is 21.5. The Balaban J connectivity index is 1.92. The van der Waals surface area contributed by atoms with E-state index in [9.17, 15) is 39.6 Å². The summed E-state index contributed by atoms with van der Waals surface area (Å²) in [6.07, 6.45) is -9.87. The first-order chi connectivity index (χ1) is 17.9. The van der Waals surface area contributed by atoms with Gasteiger partial charge >= 0.3 is 12.4 Å². The minimum absolute atomic E-state index is 0.0357. The molecule has 216 valence electrons. The molecule has 39 heavy (non-hydrogen) atoms. The van der Waals surface area contributed by atoms with Crippen molar-refractivity contribution in [2.24, 2.45) is 0 Å². The zero-order valence-corrected chi connectivity index (χ0v) is 22.3. The van der Waals surface area contributed by atoms with Crippen LogP contribution in [0.1, 0.15) is 48.9 Å². The lowest BCUT2D eigenvalue weighted by atomic mass is 9.76. The summed E-state index contributed by atoms with van der Waals surface area (Å²) in [6, 6.07) is 8.66. The maximum absolute atomic E-state index is 13.7. The fraction of sp³-hybridized carbons (Fsp3) is 0.500. The Morgan fingerprint density at radius 1 is 1.03 bits per heavy atom. The Morgan fingerprint density at radius 2 is 1.69 bits per heavy atom. The van der Waals surface area contributed by atoms with Crippen molar-refractivity contribution in [3.8, 4) is 5.75 Å². The number of ether oxygens (including phenoxy) is 1. The Morgan fingerprint density at radius 3 is 2.28 bits per heavy atom. The zero-order chi connectivity index (χ0) is 29.2. The summed E-state index contributed by atoms with van der Waals surface area (Å²) in [4.78, 5) is 14.6. The van der Waals surface area contributed by atoms with Crippen molar-refractivity contribution >= 4 is 16.0 Å². The Labute approximate surface area is 223 Å². The maximum Gasteiger partial charge on any atom is 0.417 e. The lowest BCUT2D eigenvalue weighted by Crippen LogP contribution is -2.36. The molecular formula is C26H29F6NO5S. The van der Waals surface area contributed by atoms with Crippen molar-refractivity contribution in [2.75, 3.05) is 26.0 Å². The molecule has 2 aromatic carbocycles. The van der Waals surface area contributed by atoms with Gasteiger partial charge in [-0.15, -0.1) is 0 Å². The highest BCUT2D eigenvalue weighted by atomic mass is 32.2. The highest BCUT2D eigenvalue weighted by Gasteiger charge is 2.46. The van der Waals surface area contributed by atoms with Gasteiger partial charge in [0.2, 0.25) is 5.91 Å². The fourth-order valence-corrected chi connectivity index (χ4v) is 5.09. The van der Waals surface area contributed by atoms with Crippen molar-refractivity contribution < 1.29 is 48.5 Å². The van der Waals surface area contributed by atoms with Crippen LogP contribution < -0.4 is 4.74 Å². The Hall–Kier alpha value is -2.80. The van der Waals surface area contributed by atoms with E-state index in [0.29, 0.717) is 23.4 Å². The van der Waals surface area contributed by atoms with Gasteiger partial charge in [0.1, 0.15) is 5.75 Å². The number of hydrogen-bond donors (Lipinski definition) is 0. The van der Waals surface area contributed by atoms with Crippen LogP contribution in [0.25, 0.3) is 0 Å². The third-order valence-corrected chi connectivity index (χ3v) is 7.05. The van der Waals surface area contributed by atoms with E-state index in [0.717, 1.165) is 12.3 Å². The lowest BCUT2D eigenvalue weighted by Gasteiger charge is -2.31. The van der Waals surface area contributed by atoms with E-state index in [-0.39, 0.29) is 49.9 Å². The first kappa shape index (κ1) is 30.7. The van der Waals surface area contributed by atoms with Crippen molar-refractivity contribution in [3.05, 3.63) is 64.7 Å². The molecule has 13 heteroatoms. The van der Waals surface area contributed by atoms with Crippen LogP contribution in [0.5, 0.6) is 5.75 Å². The van der Waals surface area contributed by atoms with E-state index in [1.165, 1.54) is 4.90 Å². The highest BCUT2D eigenvalue weighted by molar-refractivity contribution is 7.85. The van der Waals surface area contributed by atoms with Gasteiger partial charge < -0.3 is 9.64 Å². The van der Waals surface area contributed by atoms with Gasteiger partial charge in [-0.25, -0.2) is 0 Å². The number of likely N-dealkylation sites (tertiary alicyclic amines) is 1. The number of alkyl halides is 6. The fourth-order valence-electron chi connectivity index (χ4n) is 4.70. The second kappa shape index (κ2) is 11.4. The van der Waals surface area contributed by atoms with Gasteiger partial charge in [0.15, 0.2) is 0 Å². The third-order valence-electron chi connectivity index (χ3n) is 6.45. The average Bonchev–Trinajstić information content (AvgIpc) is 3.22. The van der Waals surface area contributed by atoms with Crippen LogP contribution in [0.15, 0.2) is 42.5 Å². The van der Waals surface area contributed by atoms with E-state index in [1.54, 1.807) is 24.3 Å². The summed E-state index contributed by atoms with van der Waals surface area (Å²) < 4.78 is 114. The van der Waals surface area contributed by atoms with Crippen LogP contribution >= 0.6 is 0 Å². The molecule has 1 heterocycles. The van der Waals surface area contributed by atoms with Gasteiger partial charge in [-0.1, -0.05) is 18.2 Å². The molecule has 2 aromatic rings. The second-order valence-corrected chi connectivity index (χ2v) is 11.5. The standard InChI is InChI=1S/C26H29F6NO5S/c1-17(2)38-20-6-4-5-18(13-20)14-23(34)33-11-9-24(16-33,10-12-37-39(3,35)36)19-7-8-21(25(27,28)29)22(15-19)26(30,31)32/h4-8,13,15,17H,9-12,14,16H2,1-3H3/t24-/m1/s1. The minimum atomic E-state index is -5.29. The van der Waals surface area contributed by atoms with Gasteiger partial charge in [0.25, 0.3) is 10.1 Å². The van der Waals surface area contributed by atoms with Crippen LogP contribution in [0.3, 0.4) is 0 Å². The summed E-state index contributed by atoms with van der Waals surface area (Å²) in [5.41, 5.74) is -4.36. The number of hydrogen-bond acceptors (Lipinski definition) is 5. The summed E-state index contributed by atoms with van der Waals surface area (Å²) in [6.45, 7) is 3.27. The summed E-state index contributed by atoms with van der Waals surface area (Å²) in [5, 5.41) is 0. The van der Waals surface area contributed by atoms with Crippen molar-refractivity contribution in [1.29, 1.82) is 0 Å². The number of carbonyl (C=O) groups excluding carboxylic acids is 1. The van der Waals surface area contributed by atoms with Crippen LogP contribution in [-0.2, 0) is 43.3 Å². The van der Waals surface area contributed by atoms with Crippen LogP contribution in [0.4, 0.5) is 26.3 Å². The average molecular weight is 582 g/mol. The first-order valence-corrected chi connectivity index (χ1v) is 13.9. The van der Waals surface area contributed by atoms with E-state index < -0.39 is 45.6 Å². The molecule has 0 radical (unpaired) electrons. The number of rotatable bonds is 9. The maximum atomic E-state index is 13.7. The van der Waals surface area contributed by atoms with E-state index >= 15 is 0 Å². The lowest BCUT2D eigenvalue weighted by molar-refractivity contribution is -0.162. The highest BCUT2D eigenvalue weighted by Crippen LogP contribution is 2.45. The number of nitrogens with zero attached hydrogens (tertiary/aromatic N) is 1. The van der Waals surface area contributed by atoms with Gasteiger partial charge in [-0.3, -0.25) is 8.98 Å². The second-order valence-electron chi connectivity index (χ2n) is 9.87. The predicted octanol–water partition coefficient (Wildman–Crippen LogP) is 5.59. The molecule has 1 aliphatic rings. The van der Waals surface area contributed by atoms with Gasteiger partial charge in [-0.05, 0) is 62.1 Å². The Kier molecular flexibility index (Phi) is 8.95. The molecule has 1 amide bonds. The topological polar surface area (TPSA) is 72.9 Å². The Bertz CT molecular complexity index is 1290. The predicted molar refractivity (Wildman–Crippen MR) is 131 cm³/mol.